The number of carbonyl (C=O) groups is 7. The molecular weight excluding hydrogens is 1370 g/mol. The molecule has 7 saturated carbocycles. The average Bonchev–Trinajstić information content (AvgIpc) is 1.70. The third-order valence-electron chi connectivity index (χ3n) is 27.8. The minimum atomic E-state index is -0.348. The Kier molecular flexibility index (Phi) is 43.2. The van der Waals surface area contributed by atoms with Crippen molar-refractivity contribution in [1.29, 1.82) is 0 Å². The summed E-state index contributed by atoms with van der Waals surface area (Å²) in [5.74, 6) is 0.665. The Morgan fingerprint density at radius 1 is 0.229 bits per heavy atom. The van der Waals surface area contributed by atoms with E-state index < -0.39 is 0 Å². The summed E-state index contributed by atoms with van der Waals surface area (Å²) in [4.78, 5) is 84.3. The topological polar surface area (TPSA) is 184 Å². The maximum Gasteiger partial charge on any atom is 0.312 e. The normalized spacial score (nSPS) is 20.6. The fraction of sp³-hybridized carbons (Fsp3) is 0.926. The van der Waals surface area contributed by atoms with E-state index >= 15 is 0 Å². The third kappa shape index (κ3) is 33.6. The van der Waals surface area contributed by atoms with Crippen molar-refractivity contribution >= 4 is 41.8 Å². The first-order valence-electron chi connectivity index (χ1n) is 44.9. The molecule has 0 spiro atoms. The lowest BCUT2D eigenvalue weighted by Crippen LogP contribution is -2.45. The van der Waals surface area contributed by atoms with Gasteiger partial charge in [-0.05, 0) is 367 Å². The summed E-state index contributed by atoms with van der Waals surface area (Å²) in [6.07, 6.45) is 45.4. The number of rotatable bonds is 25. The van der Waals surface area contributed by atoms with Crippen LogP contribution in [0.5, 0.6) is 0 Å². The lowest BCUT2D eigenvalue weighted by Gasteiger charge is -2.42. The molecule has 14 heteroatoms. The van der Waals surface area contributed by atoms with E-state index in [4.69, 9.17) is 33.2 Å². The number of hydrogen-bond acceptors (Lipinski definition) is 14. The van der Waals surface area contributed by atoms with Gasteiger partial charge in [-0.25, -0.2) is 0 Å². The summed E-state index contributed by atoms with van der Waals surface area (Å²) in [6.45, 7) is 61.0. The molecule has 7 aliphatic carbocycles. The van der Waals surface area contributed by atoms with Gasteiger partial charge in [0.05, 0.1) is 37.9 Å². The zero-order valence-corrected chi connectivity index (χ0v) is 77.1. The molecule has 0 aromatic rings. The average molecular weight is 1540 g/mol. The maximum absolute atomic E-state index is 12.3. The zero-order chi connectivity index (χ0) is 83.8. The van der Waals surface area contributed by atoms with Crippen molar-refractivity contribution in [3.05, 3.63) is 0 Å². The van der Waals surface area contributed by atoms with Crippen LogP contribution in [0.15, 0.2) is 0 Å². The largest absolute Gasteiger partial charge is 0.459 e. The third-order valence-corrected chi connectivity index (χ3v) is 27.8. The van der Waals surface area contributed by atoms with Crippen LogP contribution >= 0.6 is 0 Å². The van der Waals surface area contributed by atoms with Gasteiger partial charge in [-0.2, -0.15) is 0 Å². The van der Waals surface area contributed by atoms with Crippen LogP contribution in [0.3, 0.4) is 0 Å². The Bertz CT molecular complexity index is 2660. The Labute approximate surface area is 671 Å². The summed E-state index contributed by atoms with van der Waals surface area (Å²) >= 11 is 0. The molecule has 0 aromatic heterocycles. The highest BCUT2D eigenvalue weighted by Gasteiger charge is 2.47. The van der Waals surface area contributed by atoms with Gasteiger partial charge in [0.15, 0.2) is 0 Å². The molecule has 0 saturated heterocycles. The van der Waals surface area contributed by atoms with Gasteiger partial charge in [0, 0.05) is 0 Å². The maximum atomic E-state index is 12.3. The summed E-state index contributed by atoms with van der Waals surface area (Å²) in [5.41, 5.74) is -3.59. The standard InChI is InChI=1S/C15H28O2.3C14H26O2.2C13H24O2.C12H22O2/c1-6-14(4,5)13(16)17-15(12(2)3)10-8-7-9-11-15;1-6-13(4,5)12(15)16-14(11(2)3)9-7-8-10-14;1-5-13(2,3)12(15)16-14(4)10-8-6-7-9-11-14;1-5-13(3,4)12(15)16-14(6-2)10-8-7-9-11-14;1-5-12(2,3)11(14)15-13(4)9-7-6-8-10-13;1-5-12(3,4)11(14)15-13(6-2)9-7-8-10-13;1-5-11(2,3)10(13)14-12(4)8-6-7-9-12/h12H,6-11H2,1-5H3;11H,6-10H2,1-5H3;2*5-11H2,1-4H3;2*5-10H2,1-4H3;5-9H2,1-4H3. The summed E-state index contributed by atoms with van der Waals surface area (Å²) in [6, 6.07) is 0. The van der Waals surface area contributed by atoms with Crippen LogP contribution in [0.4, 0.5) is 0 Å². The minimum Gasteiger partial charge on any atom is -0.459 e. The van der Waals surface area contributed by atoms with Crippen LogP contribution in [-0.4, -0.2) is 81.0 Å². The van der Waals surface area contributed by atoms with E-state index in [0.717, 1.165) is 148 Å². The predicted molar refractivity (Wildman–Crippen MR) is 450 cm³/mol. The molecule has 7 rings (SSSR count). The Morgan fingerprint density at radius 3 is 0.569 bits per heavy atom. The van der Waals surface area contributed by atoms with Crippen LogP contribution in [0.2, 0.25) is 0 Å². The van der Waals surface area contributed by atoms with E-state index in [1.54, 1.807) is 0 Å². The summed E-state index contributed by atoms with van der Waals surface area (Å²) < 4.78 is 40.5. The molecule has 640 valence electrons. The minimum absolute atomic E-state index is 0.0150. The van der Waals surface area contributed by atoms with Crippen LogP contribution < -0.4 is 0 Å². The van der Waals surface area contributed by atoms with Crippen molar-refractivity contribution in [3.63, 3.8) is 0 Å². The fourth-order valence-corrected chi connectivity index (χ4v) is 14.6. The van der Waals surface area contributed by atoms with Gasteiger partial charge >= 0.3 is 41.8 Å². The van der Waals surface area contributed by atoms with Crippen molar-refractivity contribution < 1.29 is 66.7 Å². The molecule has 0 atom stereocenters. The van der Waals surface area contributed by atoms with Crippen molar-refractivity contribution in [2.24, 2.45) is 49.7 Å². The molecule has 0 bridgehead atoms. The van der Waals surface area contributed by atoms with Gasteiger partial charge in [-0.15, -0.1) is 0 Å². The molecule has 0 heterocycles. The molecule has 0 unspecified atom stereocenters. The Balaban J connectivity index is 0.000000636. The Hall–Kier alpha value is -3.71. The van der Waals surface area contributed by atoms with Gasteiger partial charge in [0.2, 0.25) is 0 Å². The molecular formula is C95H176O14. The van der Waals surface area contributed by atoms with E-state index in [1.165, 1.54) is 122 Å². The molecule has 109 heavy (non-hydrogen) atoms. The van der Waals surface area contributed by atoms with Crippen LogP contribution in [0.1, 0.15) is 477 Å². The van der Waals surface area contributed by atoms with Crippen molar-refractivity contribution in [2.45, 2.75) is 517 Å². The first kappa shape index (κ1) is 103. The summed E-state index contributed by atoms with van der Waals surface area (Å²) in [7, 11) is 0. The monoisotopic (exact) mass is 1540 g/mol. The van der Waals surface area contributed by atoms with E-state index in [0.29, 0.717) is 11.8 Å². The van der Waals surface area contributed by atoms with E-state index in [9.17, 15) is 33.6 Å². The number of carbonyl (C=O) groups excluding carboxylic acids is 7. The van der Waals surface area contributed by atoms with Gasteiger partial charge in [-0.1, -0.05) is 122 Å². The molecule has 0 N–H and O–H groups in total. The number of hydrogen-bond donors (Lipinski definition) is 0. The lowest BCUT2D eigenvalue weighted by molar-refractivity contribution is -0.180. The highest BCUT2D eigenvalue weighted by atomic mass is 16.6. The van der Waals surface area contributed by atoms with Crippen LogP contribution in [-0.2, 0) is 66.7 Å². The second kappa shape index (κ2) is 45.6. The van der Waals surface area contributed by atoms with Gasteiger partial charge in [-0.3, -0.25) is 33.6 Å². The molecule has 0 aliphatic heterocycles. The first-order valence-corrected chi connectivity index (χ1v) is 44.9. The second-order valence-electron chi connectivity index (χ2n) is 40.5. The second-order valence-corrected chi connectivity index (χ2v) is 40.5. The fourth-order valence-electron chi connectivity index (χ4n) is 14.6. The smallest absolute Gasteiger partial charge is 0.312 e. The Morgan fingerprint density at radius 2 is 0.376 bits per heavy atom. The van der Waals surface area contributed by atoms with E-state index in [2.05, 4.69) is 62.3 Å². The van der Waals surface area contributed by atoms with Crippen molar-refractivity contribution in [2.75, 3.05) is 0 Å². The van der Waals surface area contributed by atoms with E-state index in [1.807, 2.05) is 145 Å². The summed E-state index contributed by atoms with van der Waals surface area (Å²) in [5, 5.41) is 0. The van der Waals surface area contributed by atoms with Crippen LogP contribution in [0.25, 0.3) is 0 Å². The SMILES string of the molecule is CCC(C)(C)C(=O)OC1(C(C)C)CCCC1.CCC(C)(C)C(=O)OC1(C(C)C)CCCCC1.CCC(C)(C)C(=O)OC1(C)CCCC1.CCC(C)(C)C(=O)OC1(C)CCCCC1.CCC(C)(C)C(=O)OC1(C)CCCCCC1.CCC1(OC(=O)C(C)(C)CC)CCCC1.CCC1(OC(=O)C(C)(C)CC)CCCCC1. The van der Waals surface area contributed by atoms with Gasteiger partial charge < -0.3 is 33.2 Å². The predicted octanol–water partition coefficient (Wildman–Crippen LogP) is 27.1. The molecule has 0 amide bonds. The van der Waals surface area contributed by atoms with Gasteiger partial charge in [0.25, 0.3) is 0 Å². The van der Waals surface area contributed by atoms with Gasteiger partial charge in [0.1, 0.15) is 39.2 Å². The number of esters is 7. The van der Waals surface area contributed by atoms with Crippen LogP contribution in [0, 0.1) is 49.7 Å². The first-order chi connectivity index (χ1) is 50.3. The van der Waals surface area contributed by atoms with Crippen molar-refractivity contribution in [3.8, 4) is 0 Å². The highest BCUT2D eigenvalue weighted by molar-refractivity contribution is 5.79. The lowest BCUT2D eigenvalue weighted by atomic mass is 9.76. The quantitative estimate of drug-likeness (QED) is 0.0478. The molecule has 0 aromatic carbocycles. The molecule has 14 nitrogen and oxygen atoms in total. The highest BCUT2D eigenvalue weighted by Crippen LogP contribution is 2.45. The molecule has 7 aliphatic rings. The molecule has 7 fully saturated rings. The molecule has 0 radical (unpaired) electrons. The zero-order valence-electron chi connectivity index (χ0n) is 77.1. The van der Waals surface area contributed by atoms with E-state index in [-0.39, 0.29) is 119 Å². The number of ether oxygens (including phenoxy) is 7. The van der Waals surface area contributed by atoms with Crippen molar-refractivity contribution in [1.82, 2.24) is 0 Å².